The normalized spacial score (nSPS) is 10.1. The molecule has 0 aliphatic rings. The molecule has 0 bridgehead atoms. The summed E-state index contributed by atoms with van der Waals surface area (Å²) in [7, 11) is 1.87. The highest BCUT2D eigenvalue weighted by molar-refractivity contribution is 5.67. The molecule has 0 spiro atoms. The molecule has 0 saturated carbocycles. The largest absolute Gasteiger partial charge is 0.373 e. The van der Waals surface area contributed by atoms with Crippen LogP contribution < -0.4 is 5.32 Å². The van der Waals surface area contributed by atoms with Crippen molar-refractivity contribution in [3.8, 4) is 11.3 Å². The van der Waals surface area contributed by atoms with Crippen LogP contribution in [0.15, 0.2) is 30.9 Å². The number of rotatable bonds is 3. The van der Waals surface area contributed by atoms with Crippen molar-refractivity contribution in [2.45, 2.75) is 13.3 Å². The van der Waals surface area contributed by atoms with Gasteiger partial charge in [0.05, 0.1) is 5.69 Å². The first kappa shape index (κ1) is 10.5. The van der Waals surface area contributed by atoms with Crippen LogP contribution in [0.4, 0.5) is 5.82 Å². The van der Waals surface area contributed by atoms with Crippen molar-refractivity contribution in [3.63, 3.8) is 0 Å². The molecule has 0 unspecified atom stereocenters. The molecule has 4 nitrogen and oxygen atoms in total. The number of pyridine rings is 1. The van der Waals surface area contributed by atoms with E-state index < -0.39 is 0 Å². The van der Waals surface area contributed by atoms with Gasteiger partial charge in [-0.2, -0.15) is 0 Å². The van der Waals surface area contributed by atoms with Gasteiger partial charge in [-0.25, -0.2) is 9.97 Å². The van der Waals surface area contributed by atoms with Crippen molar-refractivity contribution >= 4 is 5.82 Å². The van der Waals surface area contributed by atoms with E-state index in [4.69, 9.17) is 0 Å². The molecule has 2 heterocycles. The van der Waals surface area contributed by atoms with E-state index in [0.717, 1.165) is 29.1 Å². The Hall–Kier alpha value is -1.97. The summed E-state index contributed by atoms with van der Waals surface area (Å²) in [4.78, 5) is 12.7. The summed E-state index contributed by atoms with van der Waals surface area (Å²) < 4.78 is 0. The number of hydrogen-bond donors (Lipinski definition) is 1. The van der Waals surface area contributed by atoms with E-state index in [1.807, 2.05) is 25.4 Å². The van der Waals surface area contributed by atoms with Crippen molar-refractivity contribution in [1.29, 1.82) is 0 Å². The lowest BCUT2D eigenvalue weighted by molar-refractivity contribution is 1.05. The standard InChI is InChI=1S/C12H14N4/c1-3-10-11(9-5-4-6-14-7-9)15-8-16-12(10)13-2/h4-8H,3H2,1-2H3,(H,13,15,16). The van der Waals surface area contributed by atoms with Gasteiger partial charge in [-0.3, -0.25) is 4.98 Å². The van der Waals surface area contributed by atoms with Gasteiger partial charge in [0.1, 0.15) is 12.1 Å². The number of nitrogens with one attached hydrogen (secondary N) is 1. The first-order chi connectivity index (χ1) is 7.86. The van der Waals surface area contributed by atoms with Gasteiger partial charge in [0.2, 0.25) is 0 Å². The van der Waals surface area contributed by atoms with Gasteiger partial charge in [-0.05, 0) is 18.6 Å². The van der Waals surface area contributed by atoms with Gasteiger partial charge in [0, 0.05) is 30.6 Å². The lowest BCUT2D eigenvalue weighted by Crippen LogP contribution is -2.02. The minimum atomic E-state index is 0.886. The maximum Gasteiger partial charge on any atom is 0.132 e. The second-order valence-corrected chi connectivity index (χ2v) is 3.39. The Labute approximate surface area is 94.8 Å². The molecule has 0 atom stereocenters. The van der Waals surface area contributed by atoms with Gasteiger partial charge in [0.25, 0.3) is 0 Å². The quantitative estimate of drug-likeness (QED) is 0.850. The molecule has 82 valence electrons. The van der Waals surface area contributed by atoms with Crippen LogP contribution in [-0.2, 0) is 6.42 Å². The molecular weight excluding hydrogens is 200 g/mol. The van der Waals surface area contributed by atoms with Crippen LogP contribution >= 0.6 is 0 Å². The van der Waals surface area contributed by atoms with Crippen LogP contribution in [0.1, 0.15) is 12.5 Å². The number of anilines is 1. The molecule has 1 N–H and O–H groups in total. The minimum Gasteiger partial charge on any atom is -0.373 e. The zero-order valence-electron chi connectivity index (χ0n) is 9.44. The third-order valence-electron chi connectivity index (χ3n) is 2.47. The molecule has 0 aliphatic heterocycles. The van der Waals surface area contributed by atoms with Gasteiger partial charge in [-0.1, -0.05) is 6.92 Å². The predicted molar refractivity (Wildman–Crippen MR) is 64.2 cm³/mol. The minimum absolute atomic E-state index is 0.886. The van der Waals surface area contributed by atoms with E-state index in [-0.39, 0.29) is 0 Å². The molecule has 0 aromatic carbocycles. The Balaban J connectivity index is 2.57. The molecule has 2 aromatic rings. The molecule has 0 saturated heterocycles. The molecular formula is C12H14N4. The van der Waals surface area contributed by atoms with E-state index in [1.165, 1.54) is 0 Å². The average molecular weight is 214 g/mol. The van der Waals surface area contributed by atoms with Crippen LogP contribution in [0.25, 0.3) is 11.3 Å². The van der Waals surface area contributed by atoms with Crippen LogP contribution in [-0.4, -0.2) is 22.0 Å². The first-order valence-corrected chi connectivity index (χ1v) is 5.28. The Morgan fingerprint density at radius 2 is 2.19 bits per heavy atom. The zero-order chi connectivity index (χ0) is 11.4. The Kier molecular flexibility index (Phi) is 3.10. The van der Waals surface area contributed by atoms with Gasteiger partial charge >= 0.3 is 0 Å². The molecule has 2 aromatic heterocycles. The van der Waals surface area contributed by atoms with Crippen molar-refractivity contribution in [3.05, 3.63) is 36.4 Å². The molecule has 16 heavy (non-hydrogen) atoms. The Morgan fingerprint density at radius 3 is 2.81 bits per heavy atom. The number of hydrogen-bond acceptors (Lipinski definition) is 4. The topological polar surface area (TPSA) is 50.7 Å². The maximum atomic E-state index is 4.34. The first-order valence-electron chi connectivity index (χ1n) is 5.28. The second-order valence-electron chi connectivity index (χ2n) is 3.39. The SMILES string of the molecule is CCc1c(NC)ncnc1-c1cccnc1. The molecule has 2 rings (SSSR count). The maximum absolute atomic E-state index is 4.34. The average Bonchev–Trinajstić information content (AvgIpc) is 2.38. The summed E-state index contributed by atoms with van der Waals surface area (Å²) in [5.74, 6) is 0.886. The summed E-state index contributed by atoms with van der Waals surface area (Å²) in [6, 6.07) is 3.92. The van der Waals surface area contributed by atoms with Crippen LogP contribution in [0.3, 0.4) is 0 Å². The van der Waals surface area contributed by atoms with Crippen molar-refractivity contribution in [2.75, 3.05) is 12.4 Å². The number of nitrogens with zero attached hydrogens (tertiary/aromatic N) is 3. The lowest BCUT2D eigenvalue weighted by Gasteiger charge is -2.10. The van der Waals surface area contributed by atoms with Crippen LogP contribution in [0.5, 0.6) is 0 Å². The summed E-state index contributed by atoms with van der Waals surface area (Å²) >= 11 is 0. The van der Waals surface area contributed by atoms with Crippen molar-refractivity contribution in [1.82, 2.24) is 15.0 Å². The molecule has 0 amide bonds. The highest BCUT2D eigenvalue weighted by Gasteiger charge is 2.10. The second kappa shape index (κ2) is 4.70. The highest BCUT2D eigenvalue weighted by Crippen LogP contribution is 2.24. The molecule has 4 heteroatoms. The van der Waals surface area contributed by atoms with Gasteiger partial charge < -0.3 is 5.32 Å². The summed E-state index contributed by atoms with van der Waals surface area (Å²) in [5, 5.41) is 3.09. The fourth-order valence-electron chi connectivity index (χ4n) is 1.71. The van der Waals surface area contributed by atoms with E-state index in [2.05, 4.69) is 27.2 Å². The summed E-state index contributed by atoms with van der Waals surface area (Å²) in [6.07, 6.45) is 6.05. The van der Waals surface area contributed by atoms with Crippen molar-refractivity contribution < 1.29 is 0 Å². The zero-order valence-corrected chi connectivity index (χ0v) is 9.44. The monoisotopic (exact) mass is 214 g/mol. The summed E-state index contributed by atoms with van der Waals surface area (Å²) in [5.41, 5.74) is 3.10. The smallest absolute Gasteiger partial charge is 0.132 e. The van der Waals surface area contributed by atoms with E-state index in [9.17, 15) is 0 Å². The molecule has 0 fully saturated rings. The van der Waals surface area contributed by atoms with Gasteiger partial charge in [0.15, 0.2) is 0 Å². The Morgan fingerprint density at radius 1 is 1.31 bits per heavy atom. The molecule has 0 aliphatic carbocycles. The van der Waals surface area contributed by atoms with Crippen LogP contribution in [0.2, 0.25) is 0 Å². The fourth-order valence-corrected chi connectivity index (χ4v) is 1.71. The number of aromatic nitrogens is 3. The van der Waals surface area contributed by atoms with E-state index in [0.29, 0.717) is 0 Å². The third kappa shape index (κ3) is 1.86. The van der Waals surface area contributed by atoms with E-state index in [1.54, 1.807) is 12.5 Å². The fraction of sp³-hybridized carbons (Fsp3) is 0.250. The van der Waals surface area contributed by atoms with Gasteiger partial charge in [-0.15, -0.1) is 0 Å². The highest BCUT2D eigenvalue weighted by atomic mass is 15.0. The summed E-state index contributed by atoms with van der Waals surface area (Å²) in [6.45, 7) is 2.10. The lowest BCUT2D eigenvalue weighted by atomic mass is 10.1. The Bertz CT molecular complexity index is 468. The third-order valence-corrected chi connectivity index (χ3v) is 2.47. The van der Waals surface area contributed by atoms with Crippen molar-refractivity contribution in [2.24, 2.45) is 0 Å². The van der Waals surface area contributed by atoms with E-state index >= 15 is 0 Å². The molecule has 0 radical (unpaired) electrons. The van der Waals surface area contributed by atoms with Crippen LogP contribution in [0, 0.1) is 0 Å². The predicted octanol–water partition coefficient (Wildman–Crippen LogP) is 2.14.